The van der Waals surface area contributed by atoms with Gasteiger partial charge in [0.2, 0.25) is 0 Å². The second-order valence-corrected chi connectivity index (χ2v) is 6.76. The van der Waals surface area contributed by atoms with Crippen molar-refractivity contribution in [3.05, 3.63) is 69.7 Å². The summed E-state index contributed by atoms with van der Waals surface area (Å²) in [6.07, 6.45) is 0.670. The molecule has 0 aromatic heterocycles. The first-order chi connectivity index (χ1) is 11.1. The molecule has 120 valence electrons. The van der Waals surface area contributed by atoms with Crippen LogP contribution in [0.5, 0.6) is 0 Å². The summed E-state index contributed by atoms with van der Waals surface area (Å²) >= 11 is 12.0. The van der Waals surface area contributed by atoms with E-state index in [1.807, 2.05) is 48.5 Å². The van der Waals surface area contributed by atoms with Gasteiger partial charge in [-0.1, -0.05) is 59.5 Å². The molecule has 2 N–H and O–H groups in total. The van der Waals surface area contributed by atoms with Gasteiger partial charge in [-0.3, -0.25) is 0 Å². The van der Waals surface area contributed by atoms with Crippen molar-refractivity contribution < 1.29 is 5.21 Å². The van der Waals surface area contributed by atoms with Crippen molar-refractivity contribution in [2.24, 2.45) is 11.1 Å². The monoisotopic (exact) mass is 348 g/mol. The SMILES string of the molecule is C[C@@H]1/C(=N\O)C[C@H](c2ccc(Cl)cc2)N[C@@H]1c1ccc(Cl)cc1. The van der Waals surface area contributed by atoms with Crippen LogP contribution in [0.1, 0.15) is 36.6 Å². The highest BCUT2D eigenvalue weighted by molar-refractivity contribution is 6.30. The van der Waals surface area contributed by atoms with E-state index in [2.05, 4.69) is 17.4 Å². The van der Waals surface area contributed by atoms with Crippen LogP contribution in [0.25, 0.3) is 0 Å². The van der Waals surface area contributed by atoms with E-state index < -0.39 is 0 Å². The van der Waals surface area contributed by atoms with Gasteiger partial charge in [0.05, 0.1) is 5.71 Å². The maximum absolute atomic E-state index is 9.40. The topological polar surface area (TPSA) is 44.6 Å². The van der Waals surface area contributed by atoms with Crippen LogP contribution < -0.4 is 5.32 Å². The van der Waals surface area contributed by atoms with Gasteiger partial charge in [-0.2, -0.15) is 0 Å². The minimum absolute atomic E-state index is 0.0626. The van der Waals surface area contributed by atoms with Gasteiger partial charge in [0, 0.05) is 34.5 Å². The highest BCUT2D eigenvalue weighted by atomic mass is 35.5. The lowest BCUT2D eigenvalue weighted by Crippen LogP contribution is -2.41. The Balaban J connectivity index is 1.92. The van der Waals surface area contributed by atoms with Gasteiger partial charge in [-0.05, 0) is 35.4 Å². The van der Waals surface area contributed by atoms with Crippen LogP contribution in [0.2, 0.25) is 10.0 Å². The maximum Gasteiger partial charge on any atom is 0.0636 e. The number of rotatable bonds is 2. The van der Waals surface area contributed by atoms with E-state index in [1.54, 1.807) is 0 Å². The zero-order valence-electron chi connectivity index (χ0n) is 12.7. The quantitative estimate of drug-likeness (QED) is 0.576. The summed E-state index contributed by atoms with van der Waals surface area (Å²) < 4.78 is 0. The molecule has 1 aliphatic rings. The minimum Gasteiger partial charge on any atom is -0.411 e. The minimum atomic E-state index is 0.0626. The van der Waals surface area contributed by atoms with Gasteiger partial charge >= 0.3 is 0 Å². The Morgan fingerprint density at radius 1 is 0.957 bits per heavy atom. The third-order valence-electron chi connectivity index (χ3n) is 4.45. The van der Waals surface area contributed by atoms with Gasteiger partial charge in [-0.15, -0.1) is 0 Å². The van der Waals surface area contributed by atoms with Gasteiger partial charge < -0.3 is 10.5 Å². The van der Waals surface area contributed by atoms with E-state index in [9.17, 15) is 5.21 Å². The van der Waals surface area contributed by atoms with Crippen LogP contribution in [0.15, 0.2) is 53.7 Å². The third-order valence-corrected chi connectivity index (χ3v) is 4.95. The molecule has 0 radical (unpaired) electrons. The van der Waals surface area contributed by atoms with E-state index in [0.717, 1.165) is 16.8 Å². The molecule has 3 nitrogen and oxygen atoms in total. The summed E-state index contributed by atoms with van der Waals surface area (Å²) in [4.78, 5) is 0. The van der Waals surface area contributed by atoms with Gasteiger partial charge in [0.1, 0.15) is 0 Å². The highest BCUT2D eigenvalue weighted by Crippen LogP contribution is 2.35. The first kappa shape index (κ1) is 16.3. The van der Waals surface area contributed by atoms with Crippen molar-refractivity contribution in [2.75, 3.05) is 0 Å². The number of piperidine rings is 1. The number of halogens is 2. The van der Waals surface area contributed by atoms with Crippen molar-refractivity contribution in [2.45, 2.75) is 25.4 Å². The summed E-state index contributed by atoms with van der Waals surface area (Å²) in [5.41, 5.74) is 3.05. The van der Waals surface area contributed by atoms with Crippen molar-refractivity contribution >= 4 is 28.9 Å². The molecule has 23 heavy (non-hydrogen) atoms. The molecule has 1 heterocycles. The molecule has 0 amide bonds. The van der Waals surface area contributed by atoms with Crippen LogP contribution in [0.3, 0.4) is 0 Å². The largest absolute Gasteiger partial charge is 0.411 e. The number of nitrogens with zero attached hydrogens (tertiary/aromatic N) is 1. The fourth-order valence-corrected chi connectivity index (χ4v) is 3.36. The normalized spacial score (nSPS) is 26.4. The Labute approximate surface area is 145 Å². The van der Waals surface area contributed by atoms with Crippen molar-refractivity contribution in [3.8, 4) is 0 Å². The predicted molar refractivity (Wildman–Crippen MR) is 94.5 cm³/mol. The van der Waals surface area contributed by atoms with Gasteiger partial charge in [0.25, 0.3) is 0 Å². The molecule has 0 spiro atoms. The van der Waals surface area contributed by atoms with Crippen LogP contribution in [0.4, 0.5) is 0 Å². The number of hydrogen-bond acceptors (Lipinski definition) is 3. The smallest absolute Gasteiger partial charge is 0.0636 e. The van der Waals surface area contributed by atoms with E-state index in [4.69, 9.17) is 23.2 Å². The molecule has 1 saturated heterocycles. The number of nitrogens with one attached hydrogen (secondary N) is 1. The molecule has 5 heteroatoms. The Kier molecular flexibility index (Phi) is 4.90. The molecular formula is C18H18Cl2N2O. The lowest BCUT2D eigenvalue weighted by molar-refractivity contribution is 0.294. The first-order valence-corrected chi connectivity index (χ1v) is 8.32. The molecule has 2 aromatic rings. The standard InChI is InChI=1S/C18H18Cl2N2O/c1-11-16(22-23)10-17(12-2-6-14(19)7-3-12)21-18(11)13-4-8-15(20)9-5-13/h2-9,11,17-18,21,23H,10H2,1H3/b22-16-/t11-,17-,18+/m1/s1. The average Bonchev–Trinajstić information content (AvgIpc) is 2.57. The zero-order valence-corrected chi connectivity index (χ0v) is 14.2. The lowest BCUT2D eigenvalue weighted by Gasteiger charge is -2.37. The predicted octanol–water partition coefficient (Wildman–Crippen LogP) is 5.24. The lowest BCUT2D eigenvalue weighted by atomic mass is 9.81. The maximum atomic E-state index is 9.40. The highest BCUT2D eigenvalue weighted by Gasteiger charge is 2.33. The van der Waals surface area contributed by atoms with E-state index in [0.29, 0.717) is 16.5 Å². The van der Waals surface area contributed by atoms with Crippen LogP contribution in [-0.2, 0) is 0 Å². The fraction of sp³-hybridized carbons (Fsp3) is 0.278. The van der Waals surface area contributed by atoms with Crippen LogP contribution in [-0.4, -0.2) is 10.9 Å². The Morgan fingerprint density at radius 3 is 2.00 bits per heavy atom. The van der Waals surface area contributed by atoms with Crippen LogP contribution in [0, 0.1) is 5.92 Å². The van der Waals surface area contributed by atoms with Crippen molar-refractivity contribution in [1.82, 2.24) is 5.32 Å². The molecule has 0 unspecified atom stereocenters. The Hall–Kier alpha value is -1.55. The first-order valence-electron chi connectivity index (χ1n) is 7.56. The number of benzene rings is 2. The van der Waals surface area contributed by atoms with Crippen molar-refractivity contribution in [1.29, 1.82) is 0 Å². The number of hydrogen-bond donors (Lipinski definition) is 2. The molecule has 0 bridgehead atoms. The van der Waals surface area contributed by atoms with E-state index in [1.165, 1.54) is 0 Å². The molecule has 3 rings (SSSR count). The Morgan fingerprint density at radius 2 is 1.48 bits per heavy atom. The summed E-state index contributed by atoms with van der Waals surface area (Å²) in [5.74, 6) is 0.102. The molecule has 1 fully saturated rings. The number of oxime groups is 1. The summed E-state index contributed by atoms with van der Waals surface area (Å²) in [6.45, 7) is 2.07. The van der Waals surface area contributed by atoms with Crippen LogP contribution >= 0.6 is 23.2 Å². The van der Waals surface area contributed by atoms with E-state index in [-0.39, 0.29) is 18.0 Å². The van der Waals surface area contributed by atoms with Gasteiger partial charge in [0.15, 0.2) is 0 Å². The third kappa shape index (κ3) is 3.52. The molecule has 1 aliphatic heterocycles. The summed E-state index contributed by atoms with van der Waals surface area (Å²) in [5, 5.41) is 18.0. The fourth-order valence-electron chi connectivity index (χ4n) is 3.10. The molecule has 0 saturated carbocycles. The van der Waals surface area contributed by atoms with Gasteiger partial charge in [-0.25, -0.2) is 0 Å². The molecule has 3 atom stereocenters. The molecular weight excluding hydrogens is 331 g/mol. The summed E-state index contributed by atoms with van der Waals surface area (Å²) in [7, 11) is 0. The average molecular weight is 349 g/mol. The second-order valence-electron chi connectivity index (χ2n) is 5.88. The Bertz CT molecular complexity index is 698. The molecule has 0 aliphatic carbocycles. The molecule has 2 aromatic carbocycles. The zero-order chi connectivity index (χ0) is 16.4. The summed E-state index contributed by atoms with van der Waals surface area (Å²) in [6, 6.07) is 15.7. The second kappa shape index (κ2) is 6.91. The van der Waals surface area contributed by atoms with Crippen molar-refractivity contribution in [3.63, 3.8) is 0 Å². The van der Waals surface area contributed by atoms with E-state index >= 15 is 0 Å².